The lowest BCUT2D eigenvalue weighted by atomic mass is 9.91. The summed E-state index contributed by atoms with van der Waals surface area (Å²) in [6.45, 7) is 3.93. The number of benzene rings is 3. The molecule has 0 aliphatic carbocycles. The first kappa shape index (κ1) is 21.1. The Morgan fingerprint density at radius 2 is 1.72 bits per heavy atom. The number of aromatic carboxylic acids is 1. The minimum absolute atomic E-state index is 0.0613. The maximum absolute atomic E-state index is 13.3. The van der Waals surface area contributed by atoms with Crippen molar-refractivity contribution in [1.82, 2.24) is 0 Å². The molecule has 3 aromatic carbocycles. The zero-order chi connectivity index (χ0) is 23.0. The summed E-state index contributed by atoms with van der Waals surface area (Å²) in [5.74, 6) is -0.909. The fourth-order valence-corrected chi connectivity index (χ4v) is 3.90. The Morgan fingerprint density at radius 3 is 2.38 bits per heavy atom. The van der Waals surface area contributed by atoms with Gasteiger partial charge in [0, 0.05) is 17.7 Å². The van der Waals surface area contributed by atoms with Crippen molar-refractivity contribution in [2.45, 2.75) is 25.9 Å². The number of carboxylic acid groups (broad SMARTS) is 1. The number of nitrogens with one attached hydrogen (secondary N) is 2. The lowest BCUT2D eigenvalue weighted by molar-refractivity contribution is 0.0697. The van der Waals surface area contributed by atoms with E-state index in [1.807, 2.05) is 19.9 Å². The van der Waals surface area contributed by atoms with Gasteiger partial charge in [-0.25, -0.2) is 4.79 Å². The Labute approximate surface area is 185 Å². The van der Waals surface area contributed by atoms with Crippen molar-refractivity contribution >= 4 is 23.4 Å². The number of ether oxygens (including phenoxy) is 1. The molecule has 0 fully saturated rings. The van der Waals surface area contributed by atoms with E-state index in [4.69, 9.17) is 15.9 Å². The molecule has 5 N–H and O–H groups in total. The highest BCUT2D eigenvalue weighted by Crippen LogP contribution is 2.40. The molecule has 32 heavy (non-hydrogen) atoms. The number of hydrogen-bond acceptors (Lipinski definition) is 4. The molecule has 3 aromatic rings. The summed E-state index contributed by atoms with van der Waals surface area (Å²) >= 11 is 0. The second kappa shape index (κ2) is 7.85. The first-order valence-corrected chi connectivity index (χ1v) is 10.1. The van der Waals surface area contributed by atoms with Crippen molar-refractivity contribution < 1.29 is 19.4 Å². The van der Waals surface area contributed by atoms with Gasteiger partial charge in [-0.3, -0.25) is 10.2 Å². The quantitative estimate of drug-likeness (QED) is 0.355. The summed E-state index contributed by atoms with van der Waals surface area (Å²) in [4.78, 5) is 25.1. The van der Waals surface area contributed by atoms with E-state index < -0.39 is 17.5 Å². The van der Waals surface area contributed by atoms with Gasteiger partial charge in [-0.1, -0.05) is 18.2 Å². The highest BCUT2D eigenvalue weighted by atomic mass is 16.5. The fraction of sp³-hybridized carbons (Fsp3) is 0.160. The third-order valence-corrected chi connectivity index (χ3v) is 5.35. The Hall–Kier alpha value is -4.13. The summed E-state index contributed by atoms with van der Waals surface area (Å²) < 4.78 is 6.01. The zero-order valence-corrected chi connectivity index (χ0v) is 17.7. The molecule has 7 nitrogen and oxygen atoms in total. The molecule has 162 valence electrons. The van der Waals surface area contributed by atoms with Crippen LogP contribution in [0, 0.1) is 5.41 Å². The van der Waals surface area contributed by atoms with Crippen LogP contribution in [0.25, 0.3) is 11.1 Å². The van der Waals surface area contributed by atoms with E-state index in [1.165, 1.54) is 6.07 Å². The van der Waals surface area contributed by atoms with Crippen LogP contribution in [0.5, 0.6) is 5.75 Å². The standard InChI is InChI=1S/C25H23N3O4/c1-25(2)13-15-11-19(17-5-3-4-6-18(17)24(30)31)20(12-21(15)32-25)23(29)28-16-9-7-14(8-10-16)22(26)27/h3-12H,13H2,1-2H3,(H3,26,27)(H,28,29)(H,30,31). The second-order valence-electron chi connectivity index (χ2n) is 8.34. The third kappa shape index (κ3) is 4.05. The summed E-state index contributed by atoms with van der Waals surface area (Å²) in [6, 6.07) is 16.8. The molecule has 4 rings (SSSR count). The van der Waals surface area contributed by atoms with Crippen molar-refractivity contribution in [3.63, 3.8) is 0 Å². The summed E-state index contributed by atoms with van der Waals surface area (Å²) in [7, 11) is 0. The topological polar surface area (TPSA) is 126 Å². The average molecular weight is 429 g/mol. The number of amides is 1. The SMILES string of the molecule is CC1(C)Cc2cc(-c3ccccc3C(=O)O)c(C(=O)Nc3ccc(C(=N)N)cc3)cc2O1. The molecule has 1 aliphatic heterocycles. The molecule has 1 aliphatic rings. The maximum Gasteiger partial charge on any atom is 0.336 e. The van der Waals surface area contributed by atoms with E-state index in [0.29, 0.717) is 40.1 Å². The van der Waals surface area contributed by atoms with E-state index in [1.54, 1.807) is 48.5 Å². The van der Waals surface area contributed by atoms with Crippen LogP contribution in [0.3, 0.4) is 0 Å². The number of carbonyl (C=O) groups excluding carboxylic acids is 1. The fourth-order valence-electron chi connectivity index (χ4n) is 3.90. The number of hydrogen-bond donors (Lipinski definition) is 4. The molecule has 1 amide bonds. The van der Waals surface area contributed by atoms with Gasteiger partial charge in [-0.2, -0.15) is 0 Å². The van der Waals surface area contributed by atoms with Crippen molar-refractivity contribution in [3.05, 3.63) is 82.9 Å². The number of fused-ring (bicyclic) bond motifs is 1. The molecule has 0 bridgehead atoms. The molecule has 0 atom stereocenters. The molecule has 0 unspecified atom stereocenters. The predicted octanol–water partition coefficient (Wildman–Crippen LogP) is 4.30. The van der Waals surface area contributed by atoms with Crippen LogP contribution in [0.2, 0.25) is 0 Å². The second-order valence-corrected chi connectivity index (χ2v) is 8.34. The highest BCUT2D eigenvalue weighted by Gasteiger charge is 2.32. The van der Waals surface area contributed by atoms with Crippen LogP contribution >= 0.6 is 0 Å². The average Bonchev–Trinajstić information content (AvgIpc) is 3.05. The molecule has 1 heterocycles. The van der Waals surface area contributed by atoms with Crippen LogP contribution in [0.15, 0.2) is 60.7 Å². The zero-order valence-electron chi connectivity index (χ0n) is 17.7. The molecule has 0 aromatic heterocycles. The number of rotatable bonds is 5. The molecular formula is C25H23N3O4. The summed E-state index contributed by atoms with van der Waals surface area (Å²) in [5, 5.41) is 20.0. The molecule has 7 heteroatoms. The van der Waals surface area contributed by atoms with Crippen LogP contribution in [-0.4, -0.2) is 28.4 Å². The number of nitrogens with two attached hydrogens (primary N) is 1. The van der Waals surface area contributed by atoms with Gasteiger partial charge < -0.3 is 20.9 Å². The number of carbonyl (C=O) groups is 2. The van der Waals surface area contributed by atoms with Crippen molar-refractivity contribution in [2.75, 3.05) is 5.32 Å². The van der Waals surface area contributed by atoms with Gasteiger partial charge in [-0.05, 0) is 73.0 Å². The number of amidine groups is 1. The Balaban J connectivity index is 1.79. The smallest absolute Gasteiger partial charge is 0.336 e. The molecule has 0 saturated heterocycles. The van der Waals surface area contributed by atoms with Crippen molar-refractivity contribution in [2.24, 2.45) is 5.73 Å². The third-order valence-electron chi connectivity index (χ3n) is 5.35. The van der Waals surface area contributed by atoms with E-state index in [9.17, 15) is 14.7 Å². The van der Waals surface area contributed by atoms with Crippen LogP contribution in [0.1, 0.15) is 45.7 Å². The Kier molecular flexibility index (Phi) is 5.18. The predicted molar refractivity (Wildman–Crippen MR) is 123 cm³/mol. The van der Waals surface area contributed by atoms with E-state index >= 15 is 0 Å². The van der Waals surface area contributed by atoms with Gasteiger partial charge in [0.25, 0.3) is 5.91 Å². The minimum atomic E-state index is -1.07. The van der Waals surface area contributed by atoms with Gasteiger partial charge in [0.2, 0.25) is 0 Å². The first-order chi connectivity index (χ1) is 15.1. The first-order valence-electron chi connectivity index (χ1n) is 10.1. The van der Waals surface area contributed by atoms with E-state index in [-0.39, 0.29) is 11.4 Å². The number of anilines is 1. The minimum Gasteiger partial charge on any atom is -0.487 e. The lowest BCUT2D eigenvalue weighted by Crippen LogP contribution is -2.24. The molecule has 0 radical (unpaired) electrons. The normalized spacial score (nSPS) is 13.7. The monoisotopic (exact) mass is 429 g/mol. The van der Waals surface area contributed by atoms with Gasteiger partial charge in [0.1, 0.15) is 17.2 Å². The van der Waals surface area contributed by atoms with Crippen LogP contribution in [-0.2, 0) is 6.42 Å². The van der Waals surface area contributed by atoms with Gasteiger partial charge >= 0.3 is 5.97 Å². The maximum atomic E-state index is 13.3. The molecular weight excluding hydrogens is 406 g/mol. The van der Waals surface area contributed by atoms with E-state index in [2.05, 4.69) is 5.32 Å². The van der Waals surface area contributed by atoms with Crippen LogP contribution in [0.4, 0.5) is 5.69 Å². The van der Waals surface area contributed by atoms with Gasteiger partial charge in [0.15, 0.2) is 0 Å². The Bertz CT molecular complexity index is 1250. The number of nitrogen functional groups attached to an aromatic ring is 1. The van der Waals surface area contributed by atoms with Gasteiger partial charge in [0.05, 0.1) is 11.1 Å². The summed E-state index contributed by atoms with van der Waals surface area (Å²) in [5.41, 5.74) is 8.49. The van der Waals surface area contributed by atoms with Crippen molar-refractivity contribution in [1.29, 1.82) is 5.41 Å². The molecule has 0 spiro atoms. The van der Waals surface area contributed by atoms with E-state index in [0.717, 1.165) is 5.56 Å². The Morgan fingerprint density at radius 1 is 1.03 bits per heavy atom. The van der Waals surface area contributed by atoms with Gasteiger partial charge in [-0.15, -0.1) is 0 Å². The largest absolute Gasteiger partial charge is 0.487 e. The highest BCUT2D eigenvalue weighted by molar-refractivity contribution is 6.11. The van der Waals surface area contributed by atoms with Crippen LogP contribution < -0.4 is 15.8 Å². The number of carboxylic acids is 1. The van der Waals surface area contributed by atoms with Crippen molar-refractivity contribution in [3.8, 4) is 16.9 Å². The molecule has 0 saturated carbocycles. The lowest BCUT2D eigenvalue weighted by Gasteiger charge is -2.17. The summed E-state index contributed by atoms with van der Waals surface area (Å²) in [6.07, 6.45) is 0.652.